The molecule has 2 aliphatic rings. The summed E-state index contributed by atoms with van der Waals surface area (Å²) < 4.78 is 40.2. The zero-order valence-electron chi connectivity index (χ0n) is 31.4. The summed E-state index contributed by atoms with van der Waals surface area (Å²) in [5.74, 6) is -0.459. The van der Waals surface area contributed by atoms with Gasteiger partial charge < -0.3 is 0 Å². The SMILES string of the molecule is Cc1ccc(-c2cc(C)c(-c3sc(-c4sc(-c5ccc(C(F)(F)F)cc5)cc4C)c4nc5c(nc34)-c3ccc4c6c(ccc-5c36)C(=O)N(CC(C)C)C4=O)s2)cc1. The molecule has 0 radical (unpaired) electrons. The van der Waals surface area contributed by atoms with E-state index in [0.717, 1.165) is 85.6 Å². The van der Waals surface area contributed by atoms with E-state index in [9.17, 15) is 22.8 Å². The second-order valence-electron chi connectivity index (χ2n) is 15.3. The van der Waals surface area contributed by atoms with Crippen molar-refractivity contribution in [2.45, 2.75) is 40.8 Å². The van der Waals surface area contributed by atoms with Crippen LogP contribution in [0.4, 0.5) is 13.2 Å². The molecule has 0 bridgehead atoms. The van der Waals surface area contributed by atoms with Crippen LogP contribution in [0, 0.1) is 26.7 Å². The van der Waals surface area contributed by atoms with Crippen molar-refractivity contribution in [3.05, 3.63) is 118 Å². The zero-order chi connectivity index (χ0) is 39.7. The van der Waals surface area contributed by atoms with Gasteiger partial charge in [-0.05, 0) is 85.3 Å². The Hall–Kier alpha value is -5.49. The van der Waals surface area contributed by atoms with Crippen LogP contribution in [0.15, 0.2) is 84.9 Å². The third kappa shape index (κ3) is 5.54. The fourth-order valence-corrected chi connectivity index (χ4v) is 12.0. The number of hydrogen-bond acceptors (Lipinski definition) is 7. The maximum atomic E-state index is 13.8. The lowest BCUT2D eigenvalue weighted by atomic mass is 9.90. The quantitative estimate of drug-likeness (QED) is 0.157. The van der Waals surface area contributed by atoms with Gasteiger partial charge in [0.2, 0.25) is 0 Å². The van der Waals surface area contributed by atoms with Crippen LogP contribution in [-0.2, 0) is 6.18 Å². The van der Waals surface area contributed by atoms with Crippen LogP contribution < -0.4 is 0 Å². The molecule has 4 aromatic carbocycles. The summed E-state index contributed by atoms with van der Waals surface area (Å²) in [6.07, 6.45) is -4.41. The molecule has 4 aromatic heterocycles. The molecule has 0 N–H and O–H groups in total. The zero-order valence-corrected chi connectivity index (χ0v) is 33.8. The molecule has 10 rings (SSSR count). The smallest absolute Gasteiger partial charge is 0.274 e. The van der Waals surface area contributed by atoms with E-state index in [0.29, 0.717) is 40.0 Å². The highest BCUT2D eigenvalue weighted by molar-refractivity contribution is 7.29. The minimum absolute atomic E-state index is 0.121. The number of hydrogen-bond donors (Lipinski definition) is 0. The molecular weight excluding hydrogens is 780 g/mol. The molecule has 8 aromatic rings. The number of carbonyl (C=O) groups is 2. The molecule has 0 spiro atoms. The molecule has 0 saturated heterocycles. The fraction of sp³-hybridized carbons (Fsp3) is 0.174. The first kappa shape index (κ1) is 35.9. The van der Waals surface area contributed by atoms with Crippen LogP contribution in [-0.4, -0.2) is 33.2 Å². The topological polar surface area (TPSA) is 63.2 Å². The van der Waals surface area contributed by atoms with Gasteiger partial charge in [0.05, 0.1) is 36.5 Å². The molecule has 5 heterocycles. The monoisotopic (exact) mass is 811 g/mol. The number of aromatic nitrogens is 2. The number of thiophene rings is 3. The number of aryl methyl sites for hydroxylation is 3. The second-order valence-corrected chi connectivity index (χ2v) is 18.4. The molecule has 0 saturated carbocycles. The molecule has 0 atom stereocenters. The number of fused-ring (bicyclic) bond motifs is 4. The number of nitrogens with zero attached hydrogens (tertiary/aromatic N) is 3. The number of carbonyl (C=O) groups excluding carboxylic acids is 2. The average Bonchev–Trinajstić information content (AvgIpc) is 3.94. The number of amides is 2. The van der Waals surface area contributed by atoms with E-state index in [-0.39, 0.29) is 17.7 Å². The van der Waals surface area contributed by atoms with Gasteiger partial charge in [-0.2, -0.15) is 13.2 Å². The molecule has 282 valence electrons. The van der Waals surface area contributed by atoms with Crippen molar-refractivity contribution in [2.75, 3.05) is 6.54 Å². The highest BCUT2D eigenvalue weighted by Gasteiger charge is 2.38. The van der Waals surface area contributed by atoms with Gasteiger partial charge in [0.25, 0.3) is 11.8 Å². The lowest BCUT2D eigenvalue weighted by molar-refractivity contribution is -0.137. The lowest BCUT2D eigenvalue weighted by Gasteiger charge is -2.28. The number of rotatable bonds is 6. The maximum Gasteiger partial charge on any atom is 0.416 e. The Morgan fingerprint density at radius 1 is 0.596 bits per heavy atom. The van der Waals surface area contributed by atoms with Crippen molar-refractivity contribution in [1.82, 2.24) is 14.9 Å². The molecule has 1 aliphatic heterocycles. The number of halogens is 3. The number of alkyl halides is 3. The van der Waals surface area contributed by atoms with Crippen LogP contribution in [0.5, 0.6) is 0 Å². The molecule has 1 aliphatic carbocycles. The number of benzene rings is 4. The molecular formula is C46H32F3N3O2S3. The lowest BCUT2D eigenvalue weighted by Crippen LogP contribution is -2.42. The van der Waals surface area contributed by atoms with Crippen molar-refractivity contribution >= 4 is 67.6 Å². The van der Waals surface area contributed by atoms with E-state index in [1.165, 1.54) is 33.9 Å². The highest BCUT2D eigenvalue weighted by atomic mass is 32.1. The third-order valence-corrected chi connectivity index (χ3v) is 14.8. The van der Waals surface area contributed by atoms with Crippen molar-refractivity contribution < 1.29 is 22.8 Å². The summed E-state index contributed by atoms with van der Waals surface area (Å²) in [5.41, 5.74) is 10.0. The first-order valence-corrected chi connectivity index (χ1v) is 21.0. The van der Waals surface area contributed by atoms with E-state index < -0.39 is 11.7 Å². The Balaban J connectivity index is 1.18. The van der Waals surface area contributed by atoms with E-state index in [1.54, 1.807) is 22.7 Å². The first-order valence-electron chi connectivity index (χ1n) is 18.5. The first-order chi connectivity index (χ1) is 27.3. The van der Waals surface area contributed by atoms with Crippen molar-refractivity contribution in [2.24, 2.45) is 5.92 Å². The van der Waals surface area contributed by atoms with Gasteiger partial charge in [0, 0.05) is 49.3 Å². The highest BCUT2D eigenvalue weighted by Crippen LogP contribution is 2.54. The van der Waals surface area contributed by atoms with Crippen LogP contribution in [0.2, 0.25) is 0 Å². The van der Waals surface area contributed by atoms with Gasteiger partial charge >= 0.3 is 6.18 Å². The van der Waals surface area contributed by atoms with Crippen molar-refractivity contribution in [3.8, 4) is 62.9 Å². The Labute approximate surface area is 338 Å². The predicted molar refractivity (Wildman–Crippen MR) is 226 cm³/mol. The van der Waals surface area contributed by atoms with E-state index in [2.05, 4.69) is 44.2 Å². The number of imide groups is 1. The predicted octanol–water partition coefficient (Wildman–Crippen LogP) is 13.5. The van der Waals surface area contributed by atoms with Gasteiger partial charge in [-0.25, -0.2) is 9.97 Å². The molecule has 11 heteroatoms. The molecule has 0 fully saturated rings. The summed E-state index contributed by atoms with van der Waals surface area (Å²) in [5, 5.41) is 1.46. The molecule has 2 amide bonds. The average molecular weight is 812 g/mol. The van der Waals surface area contributed by atoms with Crippen LogP contribution >= 0.6 is 34.0 Å². The van der Waals surface area contributed by atoms with Gasteiger partial charge in [-0.1, -0.05) is 67.9 Å². The van der Waals surface area contributed by atoms with E-state index in [1.807, 2.05) is 51.1 Å². The normalized spacial score (nSPS) is 13.5. The minimum Gasteiger partial charge on any atom is -0.274 e. The largest absolute Gasteiger partial charge is 0.416 e. The van der Waals surface area contributed by atoms with Gasteiger partial charge in [0.15, 0.2) is 0 Å². The minimum atomic E-state index is -4.41. The maximum absolute atomic E-state index is 13.8. The Kier molecular flexibility index (Phi) is 8.03. The Morgan fingerprint density at radius 2 is 1.04 bits per heavy atom. The van der Waals surface area contributed by atoms with Crippen molar-refractivity contribution in [3.63, 3.8) is 0 Å². The summed E-state index contributed by atoms with van der Waals surface area (Å²) in [4.78, 5) is 45.8. The Bertz CT molecular complexity index is 3000. The van der Waals surface area contributed by atoms with Gasteiger partial charge in [-0.3, -0.25) is 14.5 Å². The van der Waals surface area contributed by atoms with Crippen LogP contribution in [0.25, 0.3) is 84.7 Å². The van der Waals surface area contributed by atoms with E-state index >= 15 is 0 Å². The van der Waals surface area contributed by atoms with Gasteiger partial charge in [0.1, 0.15) is 11.0 Å². The summed E-state index contributed by atoms with van der Waals surface area (Å²) >= 11 is 4.88. The summed E-state index contributed by atoms with van der Waals surface area (Å²) in [6, 6.07) is 25.6. The standard InChI is InChI=1S/C46H32F3N3O2S3/c1-21(2)20-52-44(53)30-16-14-28-34-29(15-17-31(35(30)34)45(52)54)37-36(28)50-38-39(51-37)43(41-24(5)19-33(56-41)26-10-12-27(13-11-26)46(47,48)49)57-42(38)40-23(4)18-32(55-40)25-8-6-22(3)7-9-25/h6-19,21H,20H2,1-5H3. The summed E-state index contributed by atoms with van der Waals surface area (Å²) in [7, 11) is 0. The molecule has 0 unspecified atom stereocenters. The molecule has 5 nitrogen and oxygen atoms in total. The summed E-state index contributed by atoms with van der Waals surface area (Å²) in [6.45, 7) is 10.5. The Morgan fingerprint density at radius 3 is 1.49 bits per heavy atom. The van der Waals surface area contributed by atoms with Gasteiger partial charge in [-0.15, -0.1) is 34.0 Å². The second kappa shape index (κ2) is 12.8. The third-order valence-electron chi connectivity index (χ3n) is 10.8. The van der Waals surface area contributed by atoms with Crippen LogP contribution in [0.3, 0.4) is 0 Å². The molecule has 57 heavy (non-hydrogen) atoms. The fourth-order valence-electron chi connectivity index (χ4n) is 8.04. The van der Waals surface area contributed by atoms with Crippen molar-refractivity contribution in [1.29, 1.82) is 0 Å². The van der Waals surface area contributed by atoms with E-state index in [4.69, 9.17) is 9.97 Å². The van der Waals surface area contributed by atoms with Crippen LogP contribution in [0.1, 0.15) is 56.8 Å².